The van der Waals surface area contributed by atoms with E-state index in [9.17, 15) is 9.59 Å². The minimum Gasteiger partial charge on any atom is -0.481 e. The summed E-state index contributed by atoms with van der Waals surface area (Å²) in [6, 6.07) is 5.23. The van der Waals surface area contributed by atoms with E-state index in [1.54, 1.807) is 6.20 Å². The highest BCUT2D eigenvalue weighted by Gasteiger charge is 2.24. The first kappa shape index (κ1) is 17.2. The second kappa shape index (κ2) is 8.47. The van der Waals surface area contributed by atoms with Crippen molar-refractivity contribution in [3.05, 3.63) is 24.4 Å². The molecule has 1 aromatic rings. The van der Waals surface area contributed by atoms with Crippen LogP contribution in [-0.4, -0.2) is 70.5 Å². The number of anilines is 1. The first-order chi connectivity index (χ1) is 11.1. The van der Waals surface area contributed by atoms with E-state index in [1.165, 1.54) is 0 Å². The van der Waals surface area contributed by atoms with E-state index < -0.39 is 5.97 Å². The molecule has 126 valence electrons. The molecule has 0 unspecified atom stereocenters. The Labute approximate surface area is 136 Å². The zero-order valence-corrected chi connectivity index (χ0v) is 13.4. The summed E-state index contributed by atoms with van der Waals surface area (Å²) < 4.78 is 0. The van der Waals surface area contributed by atoms with Gasteiger partial charge in [-0.05, 0) is 32.0 Å². The number of nitrogens with zero attached hydrogens (tertiary/aromatic N) is 3. The lowest BCUT2D eigenvalue weighted by Gasteiger charge is -2.36. The van der Waals surface area contributed by atoms with Gasteiger partial charge in [-0.15, -0.1) is 0 Å². The van der Waals surface area contributed by atoms with Gasteiger partial charge in [-0.3, -0.25) is 14.5 Å². The quantitative estimate of drug-likeness (QED) is 0.776. The number of carbonyl (C=O) groups is 2. The van der Waals surface area contributed by atoms with Gasteiger partial charge in [0.05, 0.1) is 0 Å². The third kappa shape index (κ3) is 5.52. The van der Waals surface area contributed by atoms with E-state index in [2.05, 4.69) is 15.2 Å². The molecule has 7 nitrogen and oxygen atoms in total. The van der Waals surface area contributed by atoms with Gasteiger partial charge in [0.15, 0.2) is 0 Å². The molecule has 0 aliphatic carbocycles. The number of amides is 1. The molecule has 0 aromatic carbocycles. The number of carboxylic acid groups (broad SMARTS) is 1. The number of rotatable bonds is 7. The van der Waals surface area contributed by atoms with Crippen LogP contribution in [0.5, 0.6) is 0 Å². The molecule has 0 radical (unpaired) electrons. The van der Waals surface area contributed by atoms with E-state index >= 15 is 0 Å². The second-order valence-corrected chi connectivity index (χ2v) is 5.75. The fraction of sp³-hybridized carbons (Fsp3) is 0.562. The molecule has 0 saturated carbocycles. The lowest BCUT2D eigenvalue weighted by Crippen LogP contribution is -2.52. The summed E-state index contributed by atoms with van der Waals surface area (Å²) in [5.41, 5.74) is 0. The molecule has 1 fully saturated rings. The number of piperazine rings is 1. The van der Waals surface area contributed by atoms with Gasteiger partial charge >= 0.3 is 5.97 Å². The summed E-state index contributed by atoms with van der Waals surface area (Å²) in [6.45, 7) is 5.57. The van der Waals surface area contributed by atoms with Gasteiger partial charge in [0.1, 0.15) is 11.9 Å². The molecule has 23 heavy (non-hydrogen) atoms. The van der Waals surface area contributed by atoms with Gasteiger partial charge in [-0.25, -0.2) is 4.98 Å². The van der Waals surface area contributed by atoms with E-state index in [-0.39, 0.29) is 18.4 Å². The summed E-state index contributed by atoms with van der Waals surface area (Å²) >= 11 is 0. The number of aliphatic carboxylic acids is 1. The van der Waals surface area contributed by atoms with Crippen LogP contribution in [0.2, 0.25) is 0 Å². The SMILES string of the molecule is C[C@H](Nc1ccccn1)C(=O)N1CCN(CCCC(=O)O)CC1. The minimum atomic E-state index is -0.756. The smallest absolute Gasteiger partial charge is 0.303 e. The molecule has 2 N–H and O–H groups in total. The number of carboxylic acids is 1. The first-order valence-electron chi connectivity index (χ1n) is 7.97. The number of hydrogen-bond acceptors (Lipinski definition) is 5. The average Bonchev–Trinajstić information content (AvgIpc) is 2.55. The Morgan fingerprint density at radius 2 is 2.04 bits per heavy atom. The van der Waals surface area contributed by atoms with Crippen LogP contribution in [0, 0.1) is 0 Å². The van der Waals surface area contributed by atoms with Crippen molar-refractivity contribution < 1.29 is 14.7 Å². The maximum Gasteiger partial charge on any atom is 0.303 e. The fourth-order valence-electron chi connectivity index (χ4n) is 2.65. The molecule has 1 saturated heterocycles. The molecule has 0 spiro atoms. The van der Waals surface area contributed by atoms with Gasteiger partial charge < -0.3 is 15.3 Å². The molecule has 1 aromatic heterocycles. The van der Waals surface area contributed by atoms with Gasteiger partial charge in [-0.2, -0.15) is 0 Å². The molecular weight excluding hydrogens is 296 g/mol. The lowest BCUT2D eigenvalue weighted by atomic mass is 10.2. The van der Waals surface area contributed by atoms with Crippen LogP contribution in [0.4, 0.5) is 5.82 Å². The molecule has 2 heterocycles. The Balaban J connectivity index is 1.73. The summed E-state index contributed by atoms with van der Waals surface area (Å²) in [5, 5.41) is 11.8. The molecule has 1 aliphatic rings. The lowest BCUT2D eigenvalue weighted by molar-refractivity contribution is -0.137. The van der Waals surface area contributed by atoms with E-state index in [0.717, 1.165) is 19.6 Å². The normalized spacial score (nSPS) is 16.8. The molecule has 2 rings (SSSR count). The number of nitrogens with one attached hydrogen (secondary N) is 1. The maximum absolute atomic E-state index is 12.5. The van der Waals surface area contributed by atoms with Crippen molar-refractivity contribution in [1.29, 1.82) is 0 Å². The number of hydrogen-bond donors (Lipinski definition) is 2. The van der Waals surface area contributed by atoms with Crippen LogP contribution in [0.3, 0.4) is 0 Å². The first-order valence-corrected chi connectivity index (χ1v) is 7.97. The molecule has 7 heteroatoms. The Kier molecular flexibility index (Phi) is 6.34. The zero-order valence-electron chi connectivity index (χ0n) is 13.4. The van der Waals surface area contributed by atoms with E-state index in [4.69, 9.17) is 5.11 Å². The van der Waals surface area contributed by atoms with Crippen LogP contribution in [-0.2, 0) is 9.59 Å². The molecule has 1 aliphatic heterocycles. The highest BCUT2D eigenvalue weighted by atomic mass is 16.4. The molecule has 1 amide bonds. The third-order valence-corrected chi connectivity index (χ3v) is 3.95. The van der Waals surface area contributed by atoms with Crippen molar-refractivity contribution in [1.82, 2.24) is 14.8 Å². The van der Waals surface area contributed by atoms with Crippen LogP contribution in [0.15, 0.2) is 24.4 Å². The molecule has 1 atom stereocenters. The van der Waals surface area contributed by atoms with Crippen LogP contribution < -0.4 is 5.32 Å². The van der Waals surface area contributed by atoms with Crippen LogP contribution in [0.25, 0.3) is 0 Å². The molecular formula is C16H24N4O3. The van der Waals surface area contributed by atoms with Gasteiger partial charge in [0, 0.05) is 38.8 Å². The summed E-state index contributed by atoms with van der Waals surface area (Å²) in [6.07, 6.45) is 2.54. The number of carbonyl (C=O) groups excluding carboxylic acids is 1. The third-order valence-electron chi connectivity index (χ3n) is 3.95. The minimum absolute atomic E-state index is 0.0702. The summed E-state index contributed by atoms with van der Waals surface area (Å²) in [7, 11) is 0. The fourth-order valence-corrected chi connectivity index (χ4v) is 2.65. The predicted molar refractivity (Wildman–Crippen MR) is 87.2 cm³/mol. The van der Waals surface area contributed by atoms with Gasteiger partial charge in [-0.1, -0.05) is 6.07 Å². The topological polar surface area (TPSA) is 85.8 Å². The Hall–Kier alpha value is -2.15. The number of aromatic nitrogens is 1. The standard InChI is InChI=1S/C16H24N4O3/c1-13(18-14-5-2-3-7-17-14)16(23)20-11-9-19(10-12-20)8-4-6-15(21)22/h2-3,5,7,13H,4,6,8-12H2,1H3,(H,17,18)(H,21,22)/t13-/m0/s1. The van der Waals surface area contributed by atoms with Crippen molar-refractivity contribution in [3.8, 4) is 0 Å². The zero-order chi connectivity index (χ0) is 16.7. The Bertz CT molecular complexity index is 515. The Morgan fingerprint density at radius 3 is 2.65 bits per heavy atom. The van der Waals surface area contributed by atoms with Crippen molar-refractivity contribution in [2.24, 2.45) is 0 Å². The van der Waals surface area contributed by atoms with Crippen LogP contribution in [0.1, 0.15) is 19.8 Å². The van der Waals surface area contributed by atoms with E-state index in [0.29, 0.717) is 25.3 Å². The monoisotopic (exact) mass is 320 g/mol. The Morgan fingerprint density at radius 1 is 1.30 bits per heavy atom. The second-order valence-electron chi connectivity index (χ2n) is 5.75. The highest BCUT2D eigenvalue weighted by Crippen LogP contribution is 2.09. The van der Waals surface area contributed by atoms with Crippen molar-refractivity contribution in [2.45, 2.75) is 25.8 Å². The maximum atomic E-state index is 12.5. The van der Waals surface area contributed by atoms with Gasteiger partial charge in [0.2, 0.25) is 5.91 Å². The van der Waals surface area contributed by atoms with Crippen LogP contribution >= 0.6 is 0 Å². The molecule has 0 bridgehead atoms. The van der Waals surface area contributed by atoms with Crippen molar-refractivity contribution >= 4 is 17.7 Å². The highest BCUT2D eigenvalue weighted by molar-refractivity contribution is 5.84. The van der Waals surface area contributed by atoms with Gasteiger partial charge in [0.25, 0.3) is 0 Å². The summed E-state index contributed by atoms with van der Waals surface area (Å²) in [4.78, 5) is 31.2. The van der Waals surface area contributed by atoms with Crippen molar-refractivity contribution in [3.63, 3.8) is 0 Å². The number of pyridine rings is 1. The van der Waals surface area contributed by atoms with Crippen molar-refractivity contribution in [2.75, 3.05) is 38.0 Å². The largest absolute Gasteiger partial charge is 0.481 e. The summed E-state index contributed by atoms with van der Waals surface area (Å²) in [5.74, 6) is 0.00901. The predicted octanol–water partition coefficient (Wildman–Crippen LogP) is 0.891. The average molecular weight is 320 g/mol. The van der Waals surface area contributed by atoms with E-state index in [1.807, 2.05) is 30.0 Å².